The Morgan fingerprint density at radius 1 is 1.67 bits per heavy atom. The summed E-state index contributed by atoms with van der Waals surface area (Å²) in [6.45, 7) is 1.97. The van der Waals surface area contributed by atoms with E-state index < -0.39 is 0 Å². The van der Waals surface area contributed by atoms with E-state index in [4.69, 9.17) is 17.3 Å². The number of aliphatic imine (C=N–C) groups is 1. The fourth-order valence-electron chi connectivity index (χ4n) is 1.13. The van der Waals surface area contributed by atoms with Crippen molar-refractivity contribution in [3.8, 4) is 0 Å². The van der Waals surface area contributed by atoms with Crippen LogP contribution >= 0.6 is 11.6 Å². The Labute approximate surface area is 78.5 Å². The highest BCUT2D eigenvalue weighted by Crippen LogP contribution is 2.22. The Morgan fingerprint density at radius 3 is 2.67 bits per heavy atom. The monoisotopic (exact) mass is 186 g/mol. The van der Waals surface area contributed by atoms with Gasteiger partial charge in [0.15, 0.2) is 0 Å². The number of alkyl halides is 1. The maximum atomic E-state index is 5.68. The molecule has 1 aliphatic rings. The lowest BCUT2D eigenvalue weighted by molar-refractivity contribution is 0.420. The summed E-state index contributed by atoms with van der Waals surface area (Å²) in [5.41, 5.74) is 7.34. The molecule has 0 unspecified atom stereocenters. The molecule has 3 heteroatoms. The van der Waals surface area contributed by atoms with Crippen molar-refractivity contribution < 1.29 is 0 Å². The number of nitrogens with two attached hydrogens (primary N) is 1. The maximum Gasteiger partial charge on any atom is 0.0506 e. The van der Waals surface area contributed by atoms with E-state index in [-0.39, 0.29) is 0 Å². The van der Waals surface area contributed by atoms with Gasteiger partial charge in [-0.15, -0.1) is 11.6 Å². The van der Waals surface area contributed by atoms with Gasteiger partial charge in [-0.05, 0) is 26.2 Å². The Balaban J connectivity index is 2.54. The van der Waals surface area contributed by atoms with Crippen LogP contribution in [-0.4, -0.2) is 17.6 Å². The van der Waals surface area contributed by atoms with Crippen LogP contribution in [0.4, 0.5) is 0 Å². The molecule has 0 saturated heterocycles. The summed E-state index contributed by atoms with van der Waals surface area (Å²) in [5, 5.41) is 0. The van der Waals surface area contributed by atoms with Crippen molar-refractivity contribution in [1.29, 1.82) is 0 Å². The first-order valence-electron chi connectivity index (χ1n) is 4.29. The highest BCUT2D eigenvalue weighted by molar-refractivity contribution is 6.23. The van der Waals surface area contributed by atoms with Gasteiger partial charge in [-0.2, -0.15) is 0 Å². The molecule has 0 amide bonds. The second-order valence-electron chi connectivity index (χ2n) is 3.12. The van der Waals surface area contributed by atoms with Gasteiger partial charge in [0.05, 0.1) is 11.9 Å². The van der Waals surface area contributed by atoms with Crippen LogP contribution in [0, 0.1) is 0 Å². The van der Waals surface area contributed by atoms with Gasteiger partial charge in [0, 0.05) is 17.5 Å². The van der Waals surface area contributed by atoms with Gasteiger partial charge in [0.2, 0.25) is 0 Å². The fraction of sp³-hybridized carbons (Fsp3) is 0.667. The van der Waals surface area contributed by atoms with E-state index in [0.29, 0.717) is 11.9 Å². The minimum Gasteiger partial charge on any atom is -0.404 e. The minimum atomic E-state index is 0.457. The summed E-state index contributed by atoms with van der Waals surface area (Å²) in [7, 11) is 0. The van der Waals surface area contributed by atoms with E-state index >= 15 is 0 Å². The van der Waals surface area contributed by atoms with Crippen molar-refractivity contribution in [2.45, 2.75) is 32.2 Å². The van der Waals surface area contributed by atoms with Crippen LogP contribution in [0.25, 0.3) is 0 Å². The van der Waals surface area contributed by atoms with Crippen LogP contribution < -0.4 is 5.73 Å². The van der Waals surface area contributed by atoms with Crippen molar-refractivity contribution in [2.75, 3.05) is 5.88 Å². The molecule has 0 heterocycles. The van der Waals surface area contributed by atoms with Crippen molar-refractivity contribution in [2.24, 2.45) is 10.7 Å². The molecule has 12 heavy (non-hydrogen) atoms. The van der Waals surface area contributed by atoms with Gasteiger partial charge in [0.1, 0.15) is 0 Å². The van der Waals surface area contributed by atoms with Crippen molar-refractivity contribution in [3.63, 3.8) is 0 Å². The summed E-state index contributed by atoms with van der Waals surface area (Å²) < 4.78 is 0. The second-order valence-corrected chi connectivity index (χ2v) is 3.39. The first-order chi connectivity index (χ1) is 5.77. The molecule has 0 aromatic rings. The molecule has 2 nitrogen and oxygen atoms in total. The van der Waals surface area contributed by atoms with Crippen molar-refractivity contribution in [3.05, 3.63) is 11.8 Å². The van der Waals surface area contributed by atoms with Gasteiger partial charge in [-0.3, -0.25) is 4.99 Å². The lowest BCUT2D eigenvalue weighted by Crippen LogP contribution is -2.17. The number of rotatable bonds is 3. The molecule has 1 saturated carbocycles. The average molecular weight is 187 g/mol. The Hall–Kier alpha value is -0.500. The highest BCUT2D eigenvalue weighted by Gasteiger charge is 2.16. The molecule has 0 aromatic heterocycles. The van der Waals surface area contributed by atoms with Crippen LogP contribution in [0.2, 0.25) is 0 Å². The molecule has 1 aliphatic carbocycles. The first kappa shape index (κ1) is 9.59. The van der Waals surface area contributed by atoms with Crippen LogP contribution in [0.1, 0.15) is 26.2 Å². The molecule has 1 rings (SSSR count). The molecule has 1 fully saturated rings. The quantitative estimate of drug-likeness (QED) is 0.532. The predicted octanol–water partition coefficient (Wildman–Crippen LogP) is 2.08. The Morgan fingerprint density at radius 2 is 2.33 bits per heavy atom. The van der Waals surface area contributed by atoms with Crippen LogP contribution in [-0.2, 0) is 0 Å². The topological polar surface area (TPSA) is 38.4 Å². The van der Waals surface area contributed by atoms with Crippen LogP contribution in [0.5, 0.6) is 0 Å². The average Bonchev–Trinajstić information content (AvgIpc) is 1.99. The van der Waals surface area contributed by atoms with E-state index in [1.54, 1.807) is 6.20 Å². The molecule has 0 radical (unpaired) electrons. The zero-order valence-electron chi connectivity index (χ0n) is 7.39. The number of halogens is 1. The molecule has 0 spiro atoms. The van der Waals surface area contributed by atoms with Gasteiger partial charge in [-0.1, -0.05) is 0 Å². The van der Waals surface area contributed by atoms with Crippen LogP contribution in [0.3, 0.4) is 0 Å². The summed E-state index contributed by atoms with van der Waals surface area (Å²) in [5.74, 6) is 0.457. The van der Waals surface area contributed by atoms with Gasteiger partial charge >= 0.3 is 0 Å². The standard InChI is InChI=1S/C9H15ClN2/c1-7(8(5-10)6-11)12-9-3-2-4-9/h6,9H,2-5,11H2,1H3. The molecule has 2 N–H and O–H groups in total. The predicted molar refractivity (Wildman–Crippen MR) is 53.7 cm³/mol. The van der Waals surface area contributed by atoms with Crippen molar-refractivity contribution >= 4 is 17.3 Å². The number of hydrogen-bond donors (Lipinski definition) is 1. The molecular formula is C9H15ClN2. The third-order valence-electron chi connectivity index (χ3n) is 2.26. The lowest BCUT2D eigenvalue weighted by atomic mass is 9.93. The van der Waals surface area contributed by atoms with Gasteiger partial charge in [0.25, 0.3) is 0 Å². The molecule has 0 aromatic carbocycles. The second kappa shape index (κ2) is 4.51. The summed E-state index contributed by atoms with van der Waals surface area (Å²) in [6, 6.07) is 0.531. The molecular weight excluding hydrogens is 172 g/mol. The van der Waals surface area contributed by atoms with E-state index in [0.717, 1.165) is 11.3 Å². The molecule has 0 aliphatic heterocycles. The SMILES string of the molecule is CC(=NC1CCC1)C(=CN)CCl. The third-order valence-corrected chi connectivity index (χ3v) is 2.55. The van der Waals surface area contributed by atoms with Gasteiger partial charge < -0.3 is 5.73 Å². The zero-order valence-corrected chi connectivity index (χ0v) is 8.14. The smallest absolute Gasteiger partial charge is 0.0506 e. The number of nitrogens with zero attached hydrogens (tertiary/aromatic N) is 1. The Kier molecular flexibility index (Phi) is 3.60. The van der Waals surface area contributed by atoms with Crippen molar-refractivity contribution in [1.82, 2.24) is 0 Å². The van der Waals surface area contributed by atoms with E-state index in [2.05, 4.69) is 4.99 Å². The van der Waals surface area contributed by atoms with E-state index in [9.17, 15) is 0 Å². The maximum absolute atomic E-state index is 5.68. The molecule has 68 valence electrons. The minimum absolute atomic E-state index is 0.457. The highest BCUT2D eigenvalue weighted by atomic mass is 35.5. The first-order valence-corrected chi connectivity index (χ1v) is 4.83. The molecule has 0 atom stereocenters. The fourth-order valence-corrected chi connectivity index (χ4v) is 1.42. The normalized spacial score (nSPS) is 20.8. The number of hydrogen-bond acceptors (Lipinski definition) is 2. The van der Waals surface area contributed by atoms with E-state index in [1.165, 1.54) is 19.3 Å². The van der Waals surface area contributed by atoms with E-state index in [1.807, 2.05) is 6.92 Å². The third kappa shape index (κ3) is 2.24. The number of allylic oxidation sites excluding steroid dienone is 1. The largest absolute Gasteiger partial charge is 0.404 e. The summed E-state index contributed by atoms with van der Waals surface area (Å²) >= 11 is 5.68. The van der Waals surface area contributed by atoms with Crippen LogP contribution in [0.15, 0.2) is 16.8 Å². The summed E-state index contributed by atoms with van der Waals surface area (Å²) in [6.07, 6.45) is 5.30. The summed E-state index contributed by atoms with van der Waals surface area (Å²) in [4.78, 5) is 4.51. The lowest BCUT2D eigenvalue weighted by Gasteiger charge is -2.22. The zero-order chi connectivity index (χ0) is 8.97. The Bertz CT molecular complexity index is 205. The van der Waals surface area contributed by atoms with Gasteiger partial charge in [-0.25, -0.2) is 0 Å². The molecule has 0 bridgehead atoms.